The van der Waals surface area contributed by atoms with E-state index in [1.54, 1.807) is 0 Å². The van der Waals surface area contributed by atoms with Gasteiger partial charge in [-0.05, 0) is 31.7 Å². The summed E-state index contributed by atoms with van der Waals surface area (Å²) >= 11 is 0. The first-order valence-corrected chi connectivity index (χ1v) is 4.94. The van der Waals surface area contributed by atoms with Gasteiger partial charge < -0.3 is 15.4 Å². The fraction of sp³-hybridized carbons (Fsp3) is 0.455. The molecule has 0 saturated heterocycles. The first-order chi connectivity index (χ1) is 6.79. The Hall–Kier alpha value is -1.22. The summed E-state index contributed by atoms with van der Waals surface area (Å²) in [5, 5.41) is 6.57. The molecule has 0 amide bonds. The third-order valence-corrected chi connectivity index (χ3v) is 2.39. The Morgan fingerprint density at radius 1 is 1.57 bits per heavy atom. The van der Waals surface area contributed by atoms with Crippen molar-refractivity contribution in [1.82, 2.24) is 5.32 Å². The van der Waals surface area contributed by atoms with Gasteiger partial charge in [0.15, 0.2) is 0 Å². The van der Waals surface area contributed by atoms with Gasteiger partial charge in [-0.3, -0.25) is 0 Å². The van der Waals surface area contributed by atoms with Gasteiger partial charge in [-0.25, -0.2) is 0 Å². The number of benzene rings is 1. The van der Waals surface area contributed by atoms with Gasteiger partial charge in [0.1, 0.15) is 12.4 Å². The lowest BCUT2D eigenvalue weighted by molar-refractivity contribution is 0.282. The molecular formula is C11H16N2O. The zero-order chi connectivity index (χ0) is 9.97. The molecule has 2 N–H and O–H groups in total. The van der Waals surface area contributed by atoms with Crippen LogP contribution in [0.2, 0.25) is 0 Å². The Morgan fingerprint density at radius 2 is 2.43 bits per heavy atom. The third-order valence-electron chi connectivity index (χ3n) is 2.39. The minimum atomic E-state index is 0.371. The van der Waals surface area contributed by atoms with Crippen molar-refractivity contribution in [3.63, 3.8) is 0 Å². The van der Waals surface area contributed by atoms with Gasteiger partial charge in [-0.15, -0.1) is 0 Å². The lowest BCUT2D eigenvalue weighted by atomic mass is 10.1. The van der Waals surface area contributed by atoms with E-state index in [-0.39, 0.29) is 0 Å². The van der Waals surface area contributed by atoms with Crippen molar-refractivity contribution in [2.24, 2.45) is 0 Å². The van der Waals surface area contributed by atoms with Gasteiger partial charge in [0.05, 0.1) is 11.7 Å². The molecule has 0 bridgehead atoms. The summed E-state index contributed by atoms with van der Waals surface area (Å²) in [7, 11) is 1.95. The van der Waals surface area contributed by atoms with Gasteiger partial charge >= 0.3 is 0 Å². The van der Waals surface area contributed by atoms with Crippen molar-refractivity contribution < 1.29 is 4.74 Å². The first kappa shape index (κ1) is 9.34. The average Bonchev–Trinajstić information content (AvgIpc) is 2.19. The van der Waals surface area contributed by atoms with Crippen molar-refractivity contribution in [2.45, 2.75) is 13.0 Å². The molecular weight excluding hydrogens is 176 g/mol. The van der Waals surface area contributed by atoms with Crippen LogP contribution in [0, 0.1) is 6.92 Å². The van der Waals surface area contributed by atoms with E-state index in [9.17, 15) is 0 Å². The minimum Gasteiger partial charge on any atom is -0.489 e. The number of hydrogen-bond acceptors (Lipinski definition) is 3. The third kappa shape index (κ3) is 1.82. The molecule has 1 aromatic rings. The van der Waals surface area contributed by atoms with Crippen LogP contribution in [0.5, 0.6) is 5.75 Å². The maximum Gasteiger partial charge on any atom is 0.142 e. The molecule has 0 fully saturated rings. The number of aryl methyl sites for hydroxylation is 1. The maximum absolute atomic E-state index is 5.67. The Balaban J connectivity index is 2.15. The Kier molecular flexibility index (Phi) is 2.59. The van der Waals surface area contributed by atoms with E-state index in [2.05, 4.69) is 35.8 Å². The molecule has 0 aromatic heterocycles. The molecule has 0 radical (unpaired) electrons. The second-order valence-corrected chi connectivity index (χ2v) is 3.71. The average molecular weight is 192 g/mol. The summed E-state index contributed by atoms with van der Waals surface area (Å²) in [5.74, 6) is 0.970. The second-order valence-electron chi connectivity index (χ2n) is 3.71. The highest BCUT2D eigenvalue weighted by Gasteiger charge is 2.17. The highest BCUT2D eigenvalue weighted by molar-refractivity contribution is 5.59. The van der Waals surface area contributed by atoms with Crippen LogP contribution in [0.3, 0.4) is 0 Å². The molecule has 0 unspecified atom stereocenters. The van der Waals surface area contributed by atoms with Crippen molar-refractivity contribution in [1.29, 1.82) is 0 Å². The molecule has 1 aliphatic heterocycles. The van der Waals surface area contributed by atoms with Crippen LogP contribution in [0.4, 0.5) is 5.69 Å². The number of nitrogens with one attached hydrogen (secondary N) is 2. The van der Waals surface area contributed by atoms with Crippen LogP contribution in [0.25, 0.3) is 0 Å². The highest BCUT2D eigenvalue weighted by atomic mass is 16.5. The highest BCUT2D eigenvalue weighted by Crippen LogP contribution is 2.29. The van der Waals surface area contributed by atoms with Gasteiger partial charge in [0.2, 0.25) is 0 Å². The summed E-state index contributed by atoms with van der Waals surface area (Å²) in [6.45, 7) is 3.73. The van der Waals surface area contributed by atoms with Gasteiger partial charge in [-0.2, -0.15) is 0 Å². The summed E-state index contributed by atoms with van der Waals surface area (Å²) in [4.78, 5) is 0. The number of rotatable bonds is 2. The number of hydrogen-bond donors (Lipinski definition) is 2. The number of anilines is 1. The topological polar surface area (TPSA) is 33.3 Å². The van der Waals surface area contributed by atoms with Crippen molar-refractivity contribution in [3.05, 3.63) is 23.8 Å². The fourth-order valence-corrected chi connectivity index (χ4v) is 1.68. The number of ether oxygens (including phenoxy) is 1. The molecule has 14 heavy (non-hydrogen) atoms. The molecule has 0 aliphatic carbocycles. The summed E-state index contributed by atoms with van der Waals surface area (Å²) in [5.41, 5.74) is 2.33. The molecule has 3 nitrogen and oxygen atoms in total. The molecule has 1 aromatic carbocycles. The van der Waals surface area contributed by atoms with Crippen LogP contribution in [0.15, 0.2) is 18.2 Å². The van der Waals surface area contributed by atoms with E-state index in [0.29, 0.717) is 6.04 Å². The molecule has 2 rings (SSSR count). The van der Waals surface area contributed by atoms with Crippen LogP contribution in [-0.2, 0) is 0 Å². The van der Waals surface area contributed by atoms with E-state index in [1.165, 1.54) is 5.56 Å². The predicted molar refractivity (Wildman–Crippen MR) is 58.0 cm³/mol. The zero-order valence-corrected chi connectivity index (χ0v) is 8.63. The van der Waals surface area contributed by atoms with E-state index < -0.39 is 0 Å². The van der Waals surface area contributed by atoms with E-state index in [0.717, 1.165) is 24.6 Å². The normalized spacial score (nSPS) is 19.4. The molecule has 1 atom stereocenters. The molecule has 0 spiro atoms. The lowest BCUT2D eigenvalue weighted by Gasteiger charge is -2.27. The smallest absolute Gasteiger partial charge is 0.142 e. The van der Waals surface area contributed by atoms with Crippen LogP contribution < -0.4 is 15.4 Å². The molecule has 0 saturated carbocycles. The zero-order valence-electron chi connectivity index (χ0n) is 8.63. The van der Waals surface area contributed by atoms with Crippen molar-refractivity contribution >= 4 is 5.69 Å². The first-order valence-electron chi connectivity index (χ1n) is 4.94. The predicted octanol–water partition coefficient (Wildman–Crippen LogP) is 1.39. The lowest BCUT2D eigenvalue weighted by Crippen LogP contribution is -2.38. The molecule has 1 aliphatic rings. The van der Waals surface area contributed by atoms with Gasteiger partial charge in [-0.1, -0.05) is 6.07 Å². The molecule has 76 valence electrons. The Morgan fingerprint density at radius 3 is 3.21 bits per heavy atom. The number of likely N-dealkylation sites (N-methyl/N-ethyl adjacent to an activating group) is 1. The van der Waals surface area contributed by atoms with E-state index in [4.69, 9.17) is 4.74 Å². The summed E-state index contributed by atoms with van der Waals surface area (Å²) in [6.07, 6.45) is 0. The van der Waals surface area contributed by atoms with Crippen molar-refractivity contribution in [2.75, 3.05) is 25.5 Å². The fourth-order valence-electron chi connectivity index (χ4n) is 1.68. The molecule has 1 heterocycles. The van der Waals surface area contributed by atoms with E-state index in [1.807, 2.05) is 7.05 Å². The van der Waals surface area contributed by atoms with Gasteiger partial charge in [0, 0.05) is 6.54 Å². The summed E-state index contributed by atoms with van der Waals surface area (Å²) < 4.78 is 5.67. The summed E-state index contributed by atoms with van der Waals surface area (Å²) in [6, 6.07) is 6.61. The number of fused-ring (bicyclic) bond motifs is 1. The van der Waals surface area contributed by atoms with Crippen LogP contribution in [0.1, 0.15) is 5.56 Å². The Labute approximate surface area is 84.5 Å². The monoisotopic (exact) mass is 192 g/mol. The largest absolute Gasteiger partial charge is 0.489 e. The minimum absolute atomic E-state index is 0.371. The maximum atomic E-state index is 5.67. The van der Waals surface area contributed by atoms with Crippen LogP contribution >= 0.6 is 0 Å². The standard InChI is InChI=1S/C11H16N2O/c1-8-3-4-10-11(5-8)14-7-9(13-10)6-12-2/h3-5,9,12-13H,6-7H2,1-2H3/t9-/m0/s1. The van der Waals surface area contributed by atoms with Crippen LogP contribution in [-0.4, -0.2) is 26.2 Å². The quantitative estimate of drug-likeness (QED) is 0.743. The van der Waals surface area contributed by atoms with E-state index >= 15 is 0 Å². The van der Waals surface area contributed by atoms with Gasteiger partial charge in [0.25, 0.3) is 0 Å². The van der Waals surface area contributed by atoms with Crippen molar-refractivity contribution in [3.8, 4) is 5.75 Å². The SMILES string of the molecule is CNC[C@H]1COc2cc(C)ccc2N1. The Bertz CT molecular complexity index is 325. The second kappa shape index (κ2) is 3.88. The molecule has 3 heteroatoms.